The number of carbonyl (C=O) groups is 1. The average molecular weight is 492 g/mol. The van der Waals surface area contributed by atoms with Crippen molar-refractivity contribution in [1.82, 2.24) is 4.90 Å². The average Bonchev–Trinajstić information content (AvgIpc) is 3.36. The van der Waals surface area contributed by atoms with E-state index in [-0.39, 0.29) is 23.7 Å². The number of nitrogens with zero attached hydrogens (tertiary/aromatic N) is 2. The molecule has 1 saturated heterocycles. The van der Waals surface area contributed by atoms with Crippen molar-refractivity contribution in [3.63, 3.8) is 0 Å². The Labute approximate surface area is 211 Å². The van der Waals surface area contributed by atoms with Crippen LogP contribution < -0.4 is 4.74 Å². The molecule has 5 aliphatic rings. The minimum Gasteiger partial charge on any atom is -0.504 e. The van der Waals surface area contributed by atoms with Crippen molar-refractivity contribution in [1.29, 1.82) is 0 Å². The highest BCUT2D eigenvalue weighted by Crippen LogP contribution is 2.66. The second kappa shape index (κ2) is 7.39. The Hall–Kier alpha value is -2.77. The molecule has 2 saturated carbocycles. The fourth-order valence-corrected chi connectivity index (χ4v) is 8.35. The number of phenolic OH excluding ortho intramolecular Hbond substituents is 1. The molecule has 7 heteroatoms. The first-order chi connectivity index (χ1) is 17.3. The first-order valence-electron chi connectivity index (χ1n) is 13.3. The molecule has 3 fully saturated rings. The normalized spacial score (nSPS) is 38.0. The quantitative estimate of drug-likeness (QED) is 0.496. The molecule has 36 heavy (non-hydrogen) atoms. The summed E-state index contributed by atoms with van der Waals surface area (Å²) in [4.78, 5) is 15.0. The van der Waals surface area contributed by atoms with Gasteiger partial charge in [0.1, 0.15) is 17.7 Å². The molecule has 6 atom stereocenters. The molecule has 1 spiro atoms. The van der Waals surface area contributed by atoms with Gasteiger partial charge in [0.25, 0.3) is 0 Å². The summed E-state index contributed by atoms with van der Waals surface area (Å²) >= 11 is 0. The standard InChI is InChI=1S/C29H34N2O5/c1-30(24(33)8-5-19-10-14-35-17-19)21-9-11-29(34)23-15-20-6-7-22(32)26-25(20)28(29,27(21)36-26)12-13-31(23,2)16-18-3-4-18/h5-8,10,14,17-18,21,23,27,34H,3-4,9,11-13,15-16H2,1-2H3/p+1/b8-5+/t21-,23+,27+,28?,29-,31?/m1/s1. The summed E-state index contributed by atoms with van der Waals surface area (Å²) in [6.07, 6.45) is 11.6. The molecule has 2 aliphatic heterocycles. The van der Waals surface area contributed by atoms with Crippen molar-refractivity contribution in [2.24, 2.45) is 5.92 Å². The van der Waals surface area contributed by atoms with E-state index in [9.17, 15) is 15.0 Å². The molecule has 2 unspecified atom stereocenters. The van der Waals surface area contributed by atoms with Gasteiger partial charge in [0.2, 0.25) is 5.91 Å². The number of carbonyl (C=O) groups excluding carboxylic acids is 1. The third kappa shape index (κ3) is 2.84. The van der Waals surface area contributed by atoms with Gasteiger partial charge in [-0.25, -0.2) is 0 Å². The smallest absolute Gasteiger partial charge is 0.246 e. The van der Waals surface area contributed by atoms with Crippen LogP contribution in [0, 0.1) is 5.92 Å². The molecule has 1 aromatic heterocycles. The van der Waals surface area contributed by atoms with E-state index >= 15 is 0 Å². The lowest BCUT2D eigenvalue weighted by atomic mass is 9.47. The van der Waals surface area contributed by atoms with Gasteiger partial charge in [-0.05, 0) is 49.5 Å². The Bertz CT molecular complexity index is 1250. The van der Waals surface area contributed by atoms with Crippen LogP contribution in [0.3, 0.4) is 0 Å². The zero-order valence-electron chi connectivity index (χ0n) is 21.0. The Morgan fingerprint density at radius 2 is 2.08 bits per heavy atom. The van der Waals surface area contributed by atoms with Crippen LogP contribution in [-0.2, 0) is 16.6 Å². The highest BCUT2D eigenvalue weighted by molar-refractivity contribution is 5.91. The highest BCUT2D eigenvalue weighted by Gasteiger charge is 2.76. The van der Waals surface area contributed by atoms with E-state index in [1.54, 1.807) is 35.6 Å². The summed E-state index contributed by atoms with van der Waals surface area (Å²) in [7, 11) is 4.17. The van der Waals surface area contributed by atoms with Gasteiger partial charge in [-0.1, -0.05) is 6.07 Å². The second-order valence-electron chi connectivity index (χ2n) is 12.1. The van der Waals surface area contributed by atoms with Gasteiger partial charge in [0, 0.05) is 43.0 Å². The molecule has 2 aromatic rings. The van der Waals surface area contributed by atoms with Crippen LogP contribution >= 0.6 is 0 Å². The number of phenols is 1. The van der Waals surface area contributed by atoms with Crippen LogP contribution in [-0.4, -0.2) is 76.5 Å². The van der Waals surface area contributed by atoms with Crippen LogP contribution in [0.4, 0.5) is 0 Å². The largest absolute Gasteiger partial charge is 0.504 e. The summed E-state index contributed by atoms with van der Waals surface area (Å²) in [6.45, 7) is 2.10. The predicted molar refractivity (Wildman–Crippen MR) is 133 cm³/mol. The third-order valence-corrected chi connectivity index (χ3v) is 10.3. The SMILES string of the molecule is CN(C(=O)/C=C/c1ccoc1)[C@@H]1CC[C@@]2(O)[C@@H]3Cc4ccc(O)c5c4C2(CC[N+]3(C)CC2CC2)[C@H]1O5. The van der Waals surface area contributed by atoms with Crippen LogP contribution in [0.5, 0.6) is 11.5 Å². The minimum absolute atomic E-state index is 0.0869. The number of aliphatic hydroxyl groups is 1. The van der Waals surface area contributed by atoms with Gasteiger partial charge in [0.05, 0.1) is 44.1 Å². The number of hydrogen-bond acceptors (Lipinski definition) is 5. The number of amides is 1. The van der Waals surface area contributed by atoms with E-state index in [1.807, 2.05) is 19.2 Å². The molecule has 1 aromatic carbocycles. The fraction of sp³-hybridized carbons (Fsp3) is 0.552. The monoisotopic (exact) mass is 491 g/mol. The van der Waals surface area contributed by atoms with E-state index < -0.39 is 17.1 Å². The van der Waals surface area contributed by atoms with Crippen LogP contribution in [0.1, 0.15) is 48.8 Å². The third-order valence-electron chi connectivity index (χ3n) is 10.3. The molecule has 7 rings (SSSR count). The number of benzene rings is 1. The number of rotatable bonds is 5. The van der Waals surface area contributed by atoms with Crippen molar-refractivity contribution < 1.29 is 28.6 Å². The lowest BCUT2D eigenvalue weighted by Gasteiger charge is -2.66. The summed E-state index contributed by atoms with van der Waals surface area (Å²) in [5.41, 5.74) is 1.48. The molecule has 3 aliphatic carbocycles. The highest BCUT2D eigenvalue weighted by atomic mass is 16.5. The van der Waals surface area contributed by atoms with Gasteiger partial charge in [-0.3, -0.25) is 4.79 Å². The molecule has 0 radical (unpaired) electrons. The van der Waals surface area contributed by atoms with Crippen LogP contribution in [0.2, 0.25) is 0 Å². The first-order valence-corrected chi connectivity index (χ1v) is 13.3. The number of likely N-dealkylation sites (tertiary alicyclic amines) is 1. The first kappa shape index (κ1) is 22.4. The van der Waals surface area contributed by atoms with Gasteiger partial charge in [-0.2, -0.15) is 0 Å². The van der Waals surface area contributed by atoms with Gasteiger partial charge in [-0.15, -0.1) is 0 Å². The zero-order valence-corrected chi connectivity index (χ0v) is 21.0. The van der Waals surface area contributed by atoms with E-state index in [2.05, 4.69) is 7.05 Å². The molecule has 190 valence electrons. The molecular formula is C29H35N2O5+. The van der Waals surface area contributed by atoms with Crippen molar-refractivity contribution in [3.8, 4) is 11.5 Å². The number of ether oxygens (including phenoxy) is 1. The Morgan fingerprint density at radius 1 is 1.25 bits per heavy atom. The predicted octanol–water partition coefficient (Wildman–Crippen LogP) is 3.23. The van der Waals surface area contributed by atoms with Crippen LogP contribution in [0.25, 0.3) is 6.08 Å². The molecule has 7 nitrogen and oxygen atoms in total. The summed E-state index contributed by atoms with van der Waals surface area (Å²) in [5, 5.41) is 23.6. The molecule has 1 amide bonds. The van der Waals surface area contributed by atoms with Crippen molar-refractivity contribution in [3.05, 3.63) is 53.5 Å². The number of quaternary nitrogens is 1. The second-order valence-corrected chi connectivity index (χ2v) is 12.1. The maximum absolute atomic E-state index is 13.2. The number of aromatic hydroxyl groups is 1. The molecular weight excluding hydrogens is 456 g/mol. The Balaban J connectivity index is 1.30. The number of furan rings is 1. The summed E-state index contributed by atoms with van der Waals surface area (Å²) in [5.74, 6) is 1.31. The van der Waals surface area contributed by atoms with Crippen molar-refractivity contribution in [2.75, 3.05) is 27.2 Å². The van der Waals surface area contributed by atoms with Crippen molar-refractivity contribution in [2.45, 2.75) is 67.7 Å². The Kier molecular flexibility index (Phi) is 4.60. The van der Waals surface area contributed by atoms with E-state index in [1.165, 1.54) is 18.4 Å². The summed E-state index contributed by atoms with van der Waals surface area (Å²) in [6, 6.07) is 5.47. The zero-order chi connectivity index (χ0) is 24.9. The summed E-state index contributed by atoms with van der Waals surface area (Å²) < 4.78 is 12.6. The van der Waals surface area contributed by atoms with Gasteiger partial charge in [0.15, 0.2) is 11.5 Å². The van der Waals surface area contributed by atoms with Crippen LogP contribution in [0.15, 0.2) is 41.2 Å². The topological polar surface area (TPSA) is 83.1 Å². The Morgan fingerprint density at radius 3 is 2.83 bits per heavy atom. The van der Waals surface area contributed by atoms with E-state index in [4.69, 9.17) is 9.15 Å². The van der Waals surface area contributed by atoms with Gasteiger partial charge < -0.3 is 28.8 Å². The lowest BCUT2D eigenvalue weighted by molar-refractivity contribution is -0.950. The fourth-order valence-electron chi connectivity index (χ4n) is 8.35. The number of hydrogen-bond donors (Lipinski definition) is 2. The minimum atomic E-state index is -0.932. The van der Waals surface area contributed by atoms with E-state index in [0.29, 0.717) is 18.6 Å². The van der Waals surface area contributed by atoms with Crippen molar-refractivity contribution >= 4 is 12.0 Å². The maximum Gasteiger partial charge on any atom is 0.246 e. The molecule has 2 bridgehead atoms. The molecule has 3 heterocycles. The maximum atomic E-state index is 13.2. The number of likely N-dealkylation sites (N-methyl/N-ethyl adjacent to an activating group) is 2. The molecule has 2 N–H and O–H groups in total. The number of piperidine rings is 1. The van der Waals surface area contributed by atoms with E-state index in [0.717, 1.165) is 47.5 Å². The lowest BCUT2D eigenvalue weighted by Crippen LogP contribution is -2.82. The van der Waals surface area contributed by atoms with Gasteiger partial charge >= 0.3 is 0 Å².